The lowest BCUT2D eigenvalue weighted by molar-refractivity contribution is 0.0447. The molecule has 2 aromatic rings. The molecule has 0 aliphatic carbocycles. The van der Waals surface area contributed by atoms with E-state index in [9.17, 15) is 4.79 Å². The number of hydrogen-bond acceptors (Lipinski definition) is 3. The van der Waals surface area contributed by atoms with Gasteiger partial charge < -0.3 is 9.47 Å². The molecule has 0 aliphatic rings. The summed E-state index contributed by atoms with van der Waals surface area (Å²) >= 11 is 11.9. The van der Waals surface area contributed by atoms with Gasteiger partial charge >= 0.3 is 6.16 Å². The minimum Gasteiger partial charge on any atom is -0.429 e. The molecule has 0 saturated carbocycles. The zero-order chi connectivity index (χ0) is 14.4. The Morgan fingerprint density at radius 3 is 1.60 bits per heavy atom. The highest BCUT2D eigenvalue weighted by Gasteiger charge is 2.08. The molecule has 104 valence electrons. The minimum absolute atomic E-state index is 0.0705. The summed E-state index contributed by atoms with van der Waals surface area (Å²) in [6.45, 7) is 0.141. The van der Waals surface area contributed by atoms with Crippen molar-refractivity contribution in [3.63, 3.8) is 0 Å². The van der Waals surface area contributed by atoms with Crippen molar-refractivity contribution in [2.45, 2.75) is 13.2 Å². The maximum absolute atomic E-state index is 11.5. The van der Waals surface area contributed by atoms with Crippen LogP contribution in [0.4, 0.5) is 4.79 Å². The Morgan fingerprint density at radius 1 is 0.800 bits per heavy atom. The van der Waals surface area contributed by atoms with Crippen LogP contribution in [0.25, 0.3) is 0 Å². The van der Waals surface area contributed by atoms with E-state index in [0.717, 1.165) is 11.1 Å². The Kier molecular flexibility index (Phi) is 5.27. The van der Waals surface area contributed by atoms with E-state index in [2.05, 4.69) is 0 Å². The normalized spacial score (nSPS) is 10.1. The molecule has 0 atom stereocenters. The second-order valence-electron chi connectivity index (χ2n) is 4.01. The van der Waals surface area contributed by atoms with Gasteiger partial charge in [0, 0.05) is 21.2 Å². The fourth-order valence-corrected chi connectivity index (χ4v) is 1.93. The van der Waals surface area contributed by atoms with Gasteiger partial charge in [-0.3, -0.25) is 0 Å². The van der Waals surface area contributed by atoms with Gasteiger partial charge in [-0.25, -0.2) is 4.79 Å². The summed E-state index contributed by atoms with van der Waals surface area (Å²) in [4.78, 5) is 11.5. The van der Waals surface area contributed by atoms with Crippen molar-refractivity contribution < 1.29 is 14.3 Å². The lowest BCUT2D eigenvalue weighted by atomic mass is 10.2. The number of hydrogen-bond donors (Lipinski definition) is 0. The zero-order valence-electron chi connectivity index (χ0n) is 10.5. The molecule has 0 bridgehead atoms. The average Bonchev–Trinajstić information content (AvgIpc) is 2.45. The predicted octanol–water partition coefficient (Wildman–Crippen LogP) is 4.85. The molecule has 2 aromatic carbocycles. The highest BCUT2D eigenvalue weighted by Crippen LogP contribution is 2.17. The fraction of sp³-hybridized carbons (Fsp3) is 0.133. The van der Waals surface area contributed by atoms with E-state index in [1.807, 2.05) is 24.3 Å². The lowest BCUT2D eigenvalue weighted by Crippen LogP contribution is -2.07. The predicted molar refractivity (Wildman–Crippen MR) is 77.9 cm³/mol. The van der Waals surface area contributed by atoms with Crippen LogP contribution in [-0.2, 0) is 22.7 Å². The third-order valence-corrected chi connectivity index (χ3v) is 3.34. The van der Waals surface area contributed by atoms with Crippen molar-refractivity contribution in [2.24, 2.45) is 0 Å². The Bertz CT molecular complexity index is 548. The Morgan fingerprint density at radius 2 is 1.20 bits per heavy atom. The molecule has 20 heavy (non-hydrogen) atoms. The molecule has 0 aliphatic heterocycles. The van der Waals surface area contributed by atoms with E-state index in [0.29, 0.717) is 10.0 Å². The standard InChI is InChI=1S/C15H12Cl2O3/c16-13-7-3-1-5-11(13)9-19-15(18)20-10-12-6-2-4-8-14(12)17/h1-8H,9-10H2. The molecule has 0 saturated heterocycles. The summed E-state index contributed by atoms with van der Waals surface area (Å²) in [5.41, 5.74) is 1.45. The minimum atomic E-state index is -0.759. The summed E-state index contributed by atoms with van der Waals surface area (Å²) in [5.74, 6) is 0. The number of carbonyl (C=O) groups excluding carboxylic acids is 1. The van der Waals surface area contributed by atoms with Gasteiger partial charge in [0.2, 0.25) is 0 Å². The summed E-state index contributed by atoms with van der Waals surface area (Å²) < 4.78 is 9.96. The number of ether oxygens (including phenoxy) is 2. The van der Waals surface area contributed by atoms with Crippen molar-refractivity contribution in [3.8, 4) is 0 Å². The van der Waals surface area contributed by atoms with E-state index in [1.165, 1.54) is 0 Å². The summed E-state index contributed by atoms with van der Waals surface area (Å²) in [5, 5.41) is 1.10. The smallest absolute Gasteiger partial charge is 0.429 e. The number of carbonyl (C=O) groups is 1. The van der Waals surface area contributed by atoms with Crippen molar-refractivity contribution in [2.75, 3.05) is 0 Å². The number of benzene rings is 2. The molecule has 0 spiro atoms. The molecule has 2 rings (SSSR count). The van der Waals surface area contributed by atoms with Crippen LogP contribution in [0.5, 0.6) is 0 Å². The maximum atomic E-state index is 11.5. The van der Waals surface area contributed by atoms with Gasteiger partial charge in [-0.15, -0.1) is 0 Å². The first-order chi connectivity index (χ1) is 9.66. The molecule has 0 heterocycles. The van der Waals surface area contributed by atoms with Crippen molar-refractivity contribution in [1.82, 2.24) is 0 Å². The highest BCUT2D eigenvalue weighted by molar-refractivity contribution is 6.31. The summed E-state index contributed by atoms with van der Waals surface area (Å²) in [6, 6.07) is 14.3. The third kappa shape index (κ3) is 4.15. The molecule has 0 N–H and O–H groups in total. The van der Waals surface area contributed by atoms with E-state index in [4.69, 9.17) is 32.7 Å². The first-order valence-electron chi connectivity index (χ1n) is 5.93. The van der Waals surface area contributed by atoms with Gasteiger partial charge in [-0.05, 0) is 12.1 Å². The van der Waals surface area contributed by atoms with Crippen LogP contribution in [-0.4, -0.2) is 6.16 Å². The third-order valence-electron chi connectivity index (χ3n) is 2.61. The van der Waals surface area contributed by atoms with E-state index < -0.39 is 6.16 Å². The topological polar surface area (TPSA) is 35.5 Å². The van der Waals surface area contributed by atoms with Crippen LogP contribution in [0.3, 0.4) is 0 Å². The van der Waals surface area contributed by atoms with Gasteiger partial charge in [0.15, 0.2) is 0 Å². The Hall–Kier alpha value is -1.71. The summed E-state index contributed by atoms with van der Waals surface area (Å²) in [6.07, 6.45) is -0.759. The Balaban J connectivity index is 1.82. The lowest BCUT2D eigenvalue weighted by Gasteiger charge is -2.08. The van der Waals surface area contributed by atoms with E-state index >= 15 is 0 Å². The molecule has 0 fully saturated rings. The van der Waals surface area contributed by atoms with Crippen LogP contribution >= 0.6 is 23.2 Å². The zero-order valence-corrected chi connectivity index (χ0v) is 12.0. The van der Waals surface area contributed by atoms with Crippen LogP contribution in [0.15, 0.2) is 48.5 Å². The first kappa shape index (κ1) is 14.7. The SMILES string of the molecule is O=C(OCc1ccccc1Cl)OCc1ccccc1Cl. The molecule has 0 aromatic heterocycles. The molecule has 3 nitrogen and oxygen atoms in total. The van der Waals surface area contributed by atoms with Crippen LogP contribution in [0.2, 0.25) is 10.0 Å². The van der Waals surface area contributed by atoms with Crippen molar-refractivity contribution in [3.05, 3.63) is 69.7 Å². The van der Waals surface area contributed by atoms with Gasteiger partial charge in [-0.2, -0.15) is 0 Å². The van der Waals surface area contributed by atoms with Gasteiger partial charge in [0.05, 0.1) is 0 Å². The van der Waals surface area contributed by atoms with Gasteiger partial charge in [-0.1, -0.05) is 59.6 Å². The van der Waals surface area contributed by atoms with Crippen LogP contribution < -0.4 is 0 Å². The van der Waals surface area contributed by atoms with E-state index in [-0.39, 0.29) is 13.2 Å². The largest absolute Gasteiger partial charge is 0.508 e. The first-order valence-corrected chi connectivity index (χ1v) is 6.69. The maximum Gasteiger partial charge on any atom is 0.508 e. The van der Waals surface area contributed by atoms with Crippen molar-refractivity contribution >= 4 is 29.4 Å². The molecular weight excluding hydrogens is 299 g/mol. The quantitative estimate of drug-likeness (QED) is 0.757. The van der Waals surface area contributed by atoms with Crippen LogP contribution in [0.1, 0.15) is 11.1 Å². The van der Waals surface area contributed by atoms with Gasteiger partial charge in [0.25, 0.3) is 0 Å². The van der Waals surface area contributed by atoms with Crippen molar-refractivity contribution in [1.29, 1.82) is 0 Å². The average molecular weight is 311 g/mol. The fourth-order valence-electron chi connectivity index (χ4n) is 1.55. The second kappa shape index (κ2) is 7.17. The number of halogens is 2. The van der Waals surface area contributed by atoms with Crippen LogP contribution in [0, 0.1) is 0 Å². The summed E-state index contributed by atoms with van der Waals surface area (Å²) in [7, 11) is 0. The molecule has 0 unspecified atom stereocenters. The molecule has 0 amide bonds. The number of rotatable bonds is 4. The Labute approximate surface area is 127 Å². The second-order valence-corrected chi connectivity index (χ2v) is 4.82. The molecule has 5 heteroatoms. The van der Waals surface area contributed by atoms with Gasteiger partial charge in [0.1, 0.15) is 13.2 Å². The van der Waals surface area contributed by atoms with E-state index in [1.54, 1.807) is 24.3 Å². The molecular formula is C15H12Cl2O3. The molecule has 0 radical (unpaired) electrons. The highest BCUT2D eigenvalue weighted by atomic mass is 35.5. The monoisotopic (exact) mass is 310 g/mol.